The summed E-state index contributed by atoms with van der Waals surface area (Å²) < 4.78 is 56.8. The highest BCUT2D eigenvalue weighted by molar-refractivity contribution is 7.89. The number of fused-ring (bicyclic) bond motifs is 1. The molecule has 2 N–H and O–H groups in total. The Labute approximate surface area is 145 Å². The van der Waals surface area contributed by atoms with Gasteiger partial charge in [-0.05, 0) is 17.7 Å². The maximum atomic E-state index is 14.3. The van der Waals surface area contributed by atoms with Crippen LogP contribution >= 0.6 is 11.3 Å². The average Bonchev–Trinajstić information content (AvgIpc) is 2.98. The lowest BCUT2D eigenvalue weighted by atomic mass is 10.0. The second-order valence-corrected chi connectivity index (χ2v) is 7.51. The van der Waals surface area contributed by atoms with Crippen molar-refractivity contribution in [2.75, 3.05) is 6.61 Å². The topological polar surface area (TPSA) is 93.2 Å². The fourth-order valence-electron chi connectivity index (χ4n) is 2.36. The van der Waals surface area contributed by atoms with Crippen LogP contribution in [0.15, 0.2) is 40.6 Å². The van der Waals surface area contributed by atoms with Crippen molar-refractivity contribution < 1.29 is 21.9 Å². The molecule has 0 aliphatic heterocycles. The summed E-state index contributed by atoms with van der Waals surface area (Å²) in [6, 6.07) is 8.06. The van der Waals surface area contributed by atoms with Gasteiger partial charge in [0.1, 0.15) is 16.8 Å². The number of ether oxygens (including phenoxy) is 1. The molecule has 25 heavy (non-hydrogen) atoms. The Morgan fingerprint density at radius 1 is 1.20 bits per heavy atom. The van der Waals surface area contributed by atoms with E-state index >= 15 is 0 Å². The van der Waals surface area contributed by atoms with Crippen LogP contribution in [0.1, 0.15) is 0 Å². The molecule has 0 unspecified atom stereocenters. The number of sulfonamides is 1. The van der Waals surface area contributed by atoms with Crippen molar-refractivity contribution in [2.24, 2.45) is 5.14 Å². The molecule has 1 heterocycles. The summed E-state index contributed by atoms with van der Waals surface area (Å²) in [5.74, 6) is -1.88. The van der Waals surface area contributed by atoms with E-state index in [2.05, 4.69) is 0 Å². The molecule has 3 aromatic rings. The van der Waals surface area contributed by atoms with Crippen LogP contribution in [0.25, 0.3) is 21.2 Å². The summed E-state index contributed by atoms with van der Waals surface area (Å²) in [6.07, 6.45) is 0. The molecule has 5 nitrogen and oxygen atoms in total. The highest BCUT2D eigenvalue weighted by atomic mass is 32.2. The molecule has 0 spiro atoms. The molecule has 0 saturated heterocycles. The van der Waals surface area contributed by atoms with Crippen LogP contribution in [0.4, 0.5) is 8.78 Å². The van der Waals surface area contributed by atoms with Gasteiger partial charge in [-0.3, -0.25) is 0 Å². The Bertz CT molecular complexity index is 1120. The first kappa shape index (κ1) is 17.3. The molecule has 0 radical (unpaired) electrons. The van der Waals surface area contributed by atoms with Gasteiger partial charge in [0.15, 0.2) is 18.2 Å². The highest BCUT2D eigenvalue weighted by Crippen LogP contribution is 2.35. The second-order valence-electron chi connectivity index (χ2n) is 5.07. The van der Waals surface area contributed by atoms with Crippen LogP contribution in [0.2, 0.25) is 0 Å². The van der Waals surface area contributed by atoms with Gasteiger partial charge in [0, 0.05) is 27.1 Å². The molecule has 0 amide bonds. The Hall–Kier alpha value is -2.54. The normalized spacial score (nSPS) is 11.4. The highest BCUT2D eigenvalue weighted by Gasteiger charge is 2.17. The van der Waals surface area contributed by atoms with E-state index in [1.165, 1.54) is 17.5 Å². The van der Waals surface area contributed by atoms with Gasteiger partial charge in [0.25, 0.3) is 0 Å². The zero-order chi connectivity index (χ0) is 18.2. The summed E-state index contributed by atoms with van der Waals surface area (Å²) in [7, 11) is -3.86. The zero-order valence-electron chi connectivity index (χ0n) is 12.5. The predicted octanol–water partition coefficient (Wildman–Crippen LogP) is 3.40. The summed E-state index contributed by atoms with van der Waals surface area (Å²) in [4.78, 5) is -0.00838. The van der Waals surface area contributed by atoms with E-state index < -0.39 is 28.3 Å². The van der Waals surface area contributed by atoms with Crippen LogP contribution in [-0.4, -0.2) is 15.0 Å². The number of rotatable bonds is 4. The third kappa shape index (κ3) is 3.32. The van der Waals surface area contributed by atoms with Crippen molar-refractivity contribution in [2.45, 2.75) is 4.90 Å². The number of nitrogens with two attached hydrogens (primary N) is 1. The lowest BCUT2D eigenvalue weighted by Crippen LogP contribution is -2.11. The molecule has 0 saturated carbocycles. The predicted molar refractivity (Wildman–Crippen MR) is 89.7 cm³/mol. The van der Waals surface area contributed by atoms with E-state index in [1.807, 2.05) is 0 Å². The lowest BCUT2D eigenvalue weighted by Gasteiger charge is -2.08. The first-order valence-electron chi connectivity index (χ1n) is 6.84. The Morgan fingerprint density at radius 3 is 2.64 bits per heavy atom. The molecule has 2 aromatic carbocycles. The van der Waals surface area contributed by atoms with Crippen molar-refractivity contribution in [3.8, 4) is 22.9 Å². The van der Waals surface area contributed by atoms with Gasteiger partial charge in [-0.25, -0.2) is 22.3 Å². The van der Waals surface area contributed by atoms with Crippen molar-refractivity contribution in [1.29, 1.82) is 5.26 Å². The average molecular weight is 380 g/mol. The Kier molecular flexibility index (Phi) is 4.43. The van der Waals surface area contributed by atoms with E-state index in [4.69, 9.17) is 15.1 Å². The van der Waals surface area contributed by atoms with Gasteiger partial charge in [0.2, 0.25) is 10.0 Å². The maximum absolute atomic E-state index is 14.3. The Morgan fingerprint density at radius 2 is 1.96 bits per heavy atom. The van der Waals surface area contributed by atoms with Crippen molar-refractivity contribution in [1.82, 2.24) is 0 Å². The van der Waals surface area contributed by atoms with E-state index in [9.17, 15) is 17.2 Å². The monoisotopic (exact) mass is 380 g/mol. The molecule has 0 atom stereocenters. The van der Waals surface area contributed by atoms with E-state index in [-0.39, 0.29) is 16.2 Å². The van der Waals surface area contributed by atoms with E-state index in [0.29, 0.717) is 15.6 Å². The third-order valence-corrected chi connectivity index (χ3v) is 5.52. The number of hydrogen-bond acceptors (Lipinski definition) is 5. The minimum Gasteiger partial charge on any atom is -0.476 e. The van der Waals surface area contributed by atoms with E-state index in [1.54, 1.807) is 12.1 Å². The molecule has 0 aliphatic rings. The lowest BCUT2D eigenvalue weighted by molar-refractivity contribution is 0.344. The van der Waals surface area contributed by atoms with Gasteiger partial charge < -0.3 is 4.74 Å². The molecule has 0 bridgehead atoms. The van der Waals surface area contributed by atoms with Crippen LogP contribution in [-0.2, 0) is 10.0 Å². The second kappa shape index (κ2) is 6.40. The van der Waals surface area contributed by atoms with Gasteiger partial charge in [0.05, 0.1) is 0 Å². The maximum Gasteiger partial charge on any atom is 0.239 e. The molecule has 3 rings (SSSR count). The van der Waals surface area contributed by atoms with Gasteiger partial charge >= 0.3 is 0 Å². The first-order valence-corrected chi connectivity index (χ1v) is 9.27. The number of hydrogen-bond donors (Lipinski definition) is 1. The number of nitriles is 1. The number of halogens is 2. The zero-order valence-corrected chi connectivity index (χ0v) is 14.1. The molecule has 0 aliphatic carbocycles. The standard InChI is InChI=1S/C16H10F2N2O3S2/c17-12-7-14(23-4-3-19)13(18)6-11(12)9-1-2-10-15(5-9)24-8-16(10)25(20,21)22/h1-2,5-8H,4H2,(H2,20,21,22). The quantitative estimate of drug-likeness (QED) is 0.751. The number of benzene rings is 2. The number of nitrogens with zero attached hydrogens (tertiary/aromatic N) is 1. The van der Waals surface area contributed by atoms with Crippen LogP contribution in [0, 0.1) is 23.0 Å². The minimum absolute atomic E-state index is 0.00531. The van der Waals surface area contributed by atoms with Crippen LogP contribution in [0.5, 0.6) is 5.75 Å². The summed E-state index contributed by atoms with van der Waals surface area (Å²) in [6.45, 7) is -0.396. The smallest absolute Gasteiger partial charge is 0.239 e. The van der Waals surface area contributed by atoms with Gasteiger partial charge in [-0.15, -0.1) is 11.3 Å². The molecular weight excluding hydrogens is 370 g/mol. The third-order valence-electron chi connectivity index (χ3n) is 3.47. The van der Waals surface area contributed by atoms with Gasteiger partial charge in [-0.2, -0.15) is 5.26 Å². The van der Waals surface area contributed by atoms with Crippen molar-refractivity contribution >= 4 is 31.4 Å². The van der Waals surface area contributed by atoms with Crippen LogP contribution in [0.3, 0.4) is 0 Å². The van der Waals surface area contributed by atoms with Crippen molar-refractivity contribution in [3.05, 3.63) is 47.3 Å². The van der Waals surface area contributed by atoms with Crippen LogP contribution < -0.4 is 9.88 Å². The molecule has 0 fully saturated rings. The summed E-state index contributed by atoms with van der Waals surface area (Å²) in [5, 5.41) is 15.4. The fourth-order valence-corrected chi connectivity index (χ4v) is 4.45. The number of thiophene rings is 1. The largest absolute Gasteiger partial charge is 0.476 e. The molecule has 128 valence electrons. The number of primary sulfonamides is 1. The summed E-state index contributed by atoms with van der Waals surface area (Å²) >= 11 is 1.14. The van der Waals surface area contributed by atoms with Gasteiger partial charge in [-0.1, -0.05) is 12.1 Å². The fraction of sp³-hybridized carbons (Fsp3) is 0.0625. The Balaban J connectivity index is 2.08. The molecule has 1 aromatic heterocycles. The summed E-state index contributed by atoms with van der Waals surface area (Å²) in [5.41, 5.74) is 0.368. The van der Waals surface area contributed by atoms with Crippen molar-refractivity contribution in [3.63, 3.8) is 0 Å². The molecule has 9 heteroatoms. The molecular formula is C16H10F2N2O3S2. The first-order chi connectivity index (χ1) is 11.8. The van der Waals surface area contributed by atoms with E-state index in [0.717, 1.165) is 23.5 Å². The SMILES string of the molecule is N#CCOc1cc(F)c(-c2ccc3c(S(N)(=O)=O)csc3c2)cc1F. The minimum atomic E-state index is -3.86.